The topological polar surface area (TPSA) is 160 Å². The van der Waals surface area contributed by atoms with Crippen LogP contribution in [-0.4, -0.2) is 70.9 Å². The highest BCUT2D eigenvalue weighted by Gasteiger charge is 2.54. The summed E-state index contributed by atoms with van der Waals surface area (Å²) in [6.07, 6.45) is 1.25. The number of aromatic nitrogens is 4. The van der Waals surface area contributed by atoms with Gasteiger partial charge < -0.3 is 19.7 Å². The molecule has 1 saturated heterocycles. The molecule has 198 valence electrons. The monoisotopic (exact) mass is 580 g/mol. The van der Waals surface area contributed by atoms with E-state index in [4.69, 9.17) is 16.3 Å². The number of nitrogens with one attached hydrogen (secondary N) is 2. The highest BCUT2D eigenvalue weighted by molar-refractivity contribution is 8.01. The normalized spacial score (nSPS) is 18.8. The molecule has 0 saturated carbocycles. The molecule has 0 radical (unpaired) electrons. The maximum Gasteiger partial charge on any atom is 0.512 e. The summed E-state index contributed by atoms with van der Waals surface area (Å²) in [6.45, 7) is 2.15. The van der Waals surface area contributed by atoms with Gasteiger partial charge in [-0.3, -0.25) is 19.3 Å². The minimum absolute atomic E-state index is 0.0238. The van der Waals surface area contributed by atoms with E-state index in [1.807, 2.05) is 0 Å². The van der Waals surface area contributed by atoms with Crippen molar-refractivity contribution < 1.29 is 28.6 Å². The van der Waals surface area contributed by atoms with Gasteiger partial charge in [-0.2, -0.15) is 10.3 Å². The molecule has 2 aromatic heterocycles. The van der Waals surface area contributed by atoms with Gasteiger partial charge in [-0.15, -0.1) is 16.9 Å². The zero-order valence-corrected chi connectivity index (χ0v) is 21.8. The van der Waals surface area contributed by atoms with Crippen molar-refractivity contribution in [2.24, 2.45) is 0 Å². The Morgan fingerprint density at radius 3 is 2.87 bits per heavy atom. The lowest BCUT2D eigenvalue weighted by Gasteiger charge is -2.49. The largest absolute Gasteiger partial charge is 0.512 e. The molecule has 0 spiro atoms. The Morgan fingerprint density at radius 2 is 2.18 bits per heavy atom. The lowest BCUT2D eigenvalue weighted by atomic mass is 10.0. The van der Waals surface area contributed by atoms with Gasteiger partial charge in [0.2, 0.25) is 11.3 Å². The second-order valence-electron chi connectivity index (χ2n) is 8.18. The Kier molecular flexibility index (Phi) is 7.07. The van der Waals surface area contributed by atoms with Gasteiger partial charge >= 0.3 is 6.16 Å². The number of carboxylic acid groups (broad SMARTS) is 1. The first kappa shape index (κ1) is 26.1. The summed E-state index contributed by atoms with van der Waals surface area (Å²) in [7, 11) is 0. The number of β-lactam (4-membered cyclic amide) rings is 1. The Morgan fingerprint density at radius 1 is 1.39 bits per heavy atom. The number of carbonyl (C=O) groups is 3. The molecule has 1 unspecified atom stereocenters. The van der Waals surface area contributed by atoms with E-state index in [0.717, 1.165) is 6.07 Å². The van der Waals surface area contributed by atoms with Crippen LogP contribution in [-0.2, 0) is 16.1 Å². The van der Waals surface area contributed by atoms with Crippen molar-refractivity contribution in [3.63, 3.8) is 0 Å². The van der Waals surface area contributed by atoms with Gasteiger partial charge in [-0.1, -0.05) is 23.4 Å². The van der Waals surface area contributed by atoms with Crippen molar-refractivity contribution in [1.29, 1.82) is 0 Å². The molecule has 38 heavy (non-hydrogen) atoms. The smallest absolute Gasteiger partial charge is 0.449 e. The standard InChI is InChI=1S/C22H18ClFN6O6S2/c1-2-29-6-11(17(31)10-3-13(24)12(23)4-14(10)29)18(32)26-16-19(33)30-20(36-22(34)35)9(8-38-21(16)30)7-37-15-5-25-28-27-15/h3-6,16,21H,2,7-8H2,1H3,(H,26,32)(H,34,35)(H,25,27,28)/t16?,21-/m0/s1. The first-order valence-electron chi connectivity index (χ1n) is 11.1. The van der Waals surface area contributed by atoms with Gasteiger partial charge in [0, 0.05) is 35.2 Å². The third-order valence-electron chi connectivity index (χ3n) is 5.96. The van der Waals surface area contributed by atoms with Crippen molar-refractivity contribution in [2.45, 2.75) is 29.9 Å². The van der Waals surface area contributed by atoms with Crippen LogP contribution >= 0.6 is 35.1 Å². The Bertz CT molecular complexity index is 1560. The predicted molar refractivity (Wildman–Crippen MR) is 136 cm³/mol. The second-order valence-corrected chi connectivity index (χ2v) is 10.7. The van der Waals surface area contributed by atoms with Gasteiger partial charge in [0.15, 0.2) is 0 Å². The molecule has 16 heteroatoms. The molecule has 5 rings (SSSR count). The molecule has 12 nitrogen and oxygen atoms in total. The number of benzene rings is 1. The minimum Gasteiger partial charge on any atom is -0.449 e. The van der Waals surface area contributed by atoms with E-state index in [1.165, 1.54) is 46.9 Å². The number of carbonyl (C=O) groups excluding carboxylic acids is 2. The molecular formula is C22H18ClFN6O6S2. The van der Waals surface area contributed by atoms with Gasteiger partial charge in [-0.25, -0.2) is 9.18 Å². The molecule has 3 aromatic rings. The minimum atomic E-state index is -1.58. The van der Waals surface area contributed by atoms with Crippen LogP contribution in [0.5, 0.6) is 0 Å². The van der Waals surface area contributed by atoms with E-state index < -0.39 is 40.6 Å². The summed E-state index contributed by atoms with van der Waals surface area (Å²) >= 11 is 8.46. The summed E-state index contributed by atoms with van der Waals surface area (Å²) in [5.74, 6) is -1.69. The SMILES string of the molecule is CCn1cc(C(=O)NC2C(=O)N3C(OC(=O)O)=C(CSc4cn[nH]n4)CS[C@@H]23)c(=O)c2cc(F)c(Cl)cc21. The molecule has 3 N–H and O–H groups in total. The summed E-state index contributed by atoms with van der Waals surface area (Å²) in [5.41, 5.74) is -0.0540. The lowest BCUT2D eigenvalue weighted by molar-refractivity contribution is -0.145. The quantitative estimate of drug-likeness (QED) is 0.215. The van der Waals surface area contributed by atoms with E-state index in [9.17, 15) is 28.7 Å². The average molecular weight is 581 g/mol. The molecule has 2 amide bonds. The van der Waals surface area contributed by atoms with Crippen molar-refractivity contribution >= 4 is 64.0 Å². The van der Waals surface area contributed by atoms with E-state index in [2.05, 4.69) is 20.7 Å². The number of pyridine rings is 1. The molecule has 2 aliphatic heterocycles. The van der Waals surface area contributed by atoms with E-state index in [0.29, 0.717) is 34.2 Å². The van der Waals surface area contributed by atoms with Gasteiger partial charge in [-0.05, 0) is 19.1 Å². The fourth-order valence-corrected chi connectivity index (χ4v) is 6.55. The van der Waals surface area contributed by atoms with Crippen molar-refractivity contribution in [2.75, 3.05) is 11.5 Å². The number of hydrogen-bond donors (Lipinski definition) is 3. The van der Waals surface area contributed by atoms with Gasteiger partial charge in [0.1, 0.15) is 27.8 Å². The van der Waals surface area contributed by atoms with Crippen molar-refractivity contribution in [3.05, 3.63) is 62.6 Å². The number of H-pyrrole nitrogens is 1. The highest BCUT2D eigenvalue weighted by atomic mass is 35.5. The van der Waals surface area contributed by atoms with Crippen LogP contribution in [0.25, 0.3) is 10.9 Å². The van der Waals surface area contributed by atoms with Gasteiger partial charge in [0.05, 0.1) is 16.7 Å². The zero-order valence-electron chi connectivity index (χ0n) is 19.4. The zero-order chi connectivity index (χ0) is 27.1. The van der Waals surface area contributed by atoms with E-state index in [1.54, 1.807) is 11.5 Å². The Balaban J connectivity index is 1.39. The maximum atomic E-state index is 14.1. The molecule has 1 fully saturated rings. The van der Waals surface area contributed by atoms with Crippen LogP contribution in [0.15, 0.2) is 45.8 Å². The Hall–Kier alpha value is -3.56. The number of aromatic amines is 1. The Labute approximate surface area is 226 Å². The van der Waals surface area contributed by atoms with Gasteiger partial charge in [0.25, 0.3) is 11.8 Å². The molecular weight excluding hydrogens is 563 g/mol. The molecule has 0 aliphatic carbocycles. The second kappa shape index (κ2) is 10.3. The van der Waals surface area contributed by atoms with Crippen LogP contribution in [0.1, 0.15) is 17.3 Å². The summed E-state index contributed by atoms with van der Waals surface area (Å²) < 4.78 is 20.6. The highest BCUT2D eigenvalue weighted by Crippen LogP contribution is 2.42. The number of fused-ring (bicyclic) bond motifs is 2. The summed E-state index contributed by atoms with van der Waals surface area (Å²) in [5, 5.41) is 21.7. The number of ether oxygens (including phenoxy) is 1. The van der Waals surface area contributed by atoms with Crippen molar-refractivity contribution in [1.82, 2.24) is 30.2 Å². The third-order valence-corrected chi connectivity index (χ3v) is 8.57. The summed E-state index contributed by atoms with van der Waals surface area (Å²) in [6, 6.07) is 1.27. The molecule has 1 aromatic carbocycles. The van der Waals surface area contributed by atoms with Crippen molar-refractivity contribution in [3.8, 4) is 0 Å². The van der Waals surface area contributed by atoms with Crippen LogP contribution < -0.4 is 10.7 Å². The molecule has 2 atom stereocenters. The predicted octanol–water partition coefficient (Wildman–Crippen LogP) is 2.64. The first-order chi connectivity index (χ1) is 18.2. The molecule has 0 bridgehead atoms. The van der Waals surface area contributed by atoms with Crippen LogP contribution in [0, 0.1) is 5.82 Å². The number of amides is 2. The molecule has 2 aliphatic rings. The number of thioether (sulfide) groups is 2. The lowest BCUT2D eigenvalue weighted by Crippen LogP contribution is -2.70. The fourth-order valence-electron chi connectivity index (χ4n) is 4.16. The molecule has 4 heterocycles. The average Bonchev–Trinajstić information content (AvgIpc) is 3.41. The number of aryl methyl sites for hydroxylation is 1. The number of rotatable bonds is 7. The van der Waals surface area contributed by atoms with Crippen LogP contribution in [0.3, 0.4) is 0 Å². The van der Waals surface area contributed by atoms with Crippen LogP contribution in [0.2, 0.25) is 5.02 Å². The van der Waals surface area contributed by atoms with Crippen LogP contribution in [0.4, 0.5) is 9.18 Å². The van der Waals surface area contributed by atoms with E-state index in [-0.39, 0.29) is 21.9 Å². The third kappa shape index (κ3) is 4.61. The number of hydrogen-bond acceptors (Lipinski definition) is 9. The maximum absolute atomic E-state index is 14.1. The summed E-state index contributed by atoms with van der Waals surface area (Å²) in [4.78, 5) is 51.7. The number of nitrogens with zero attached hydrogens (tertiary/aromatic N) is 4. The number of halogens is 2. The first-order valence-corrected chi connectivity index (χ1v) is 13.5. The van der Waals surface area contributed by atoms with E-state index >= 15 is 0 Å². The fraction of sp³-hybridized carbons (Fsp3) is 0.273.